The van der Waals surface area contributed by atoms with Crippen molar-refractivity contribution >= 4 is 17.0 Å². The summed E-state index contributed by atoms with van der Waals surface area (Å²) < 4.78 is 3.62. The van der Waals surface area contributed by atoms with Crippen LogP contribution in [0.5, 0.6) is 0 Å². The Morgan fingerprint density at radius 1 is 1.00 bits per heavy atom. The Morgan fingerprint density at radius 2 is 1.82 bits per heavy atom. The molecule has 142 valence electrons. The molecular weight excluding hydrogens is 352 g/mol. The molecule has 0 radical (unpaired) electrons. The van der Waals surface area contributed by atoms with Crippen LogP contribution in [0.2, 0.25) is 0 Å². The number of piperazine rings is 1. The van der Waals surface area contributed by atoms with Crippen LogP contribution in [0.25, 0.3) is 22.6 Å². The normalized spacial score (nSPS) is 14.8. The molecule has 28 heavy (non-hydrogen) atoms. The first-order valence-electron chi connectivity index (χ1n) is 9.68. The first kappa shape index (κ1) is 16.9. The molecule has 1 fully saturated rings. The first-order chi connectivity index (χ1) is 13.7. The van der Waals surface area contributed by atoms with Crippen molar-refractivity contribution in [2.45, 2.75) is 13.3 Å². The summed E-state index contributed by atoms with van der Waals surface area (Å²) >= 11 is 0. The molecule has 4 aromatic heterocycles. The molecule has 0 unspecified atom stereocenters. The minimum atomic E-state index is -0.0723. The van der Waals surface area contributed by atoms with Crippen molar-refractivity contribution in [1.82, 2.24) is 24.1 Å². The van der Waals surface area contributed by atoms with E-state index >= 15 is 0 Å². The van der Waals surface area contributed by atoms with Crippen LogP contribution in [-0.2, 0) is 6.42 Å². The Morgan fingerprint density at radius 3 is 2.64 bits per heavy atom. The zero-order valence-corrected chi connectivity index (χ0v) is 15.8. The van der Waals surface area contributed by atoms with Gasteiger partial charge in [-0.2, -0.15) is 0 Å². The lowest BCUT2D eigenvalue weighted by Crippen LogP contribution is -2.43. The summed E-state index contributed by atoms with van der Waals surface area (Å²) in [4.78, 5) is 24.4. The topological polar surface area (TPSA) is 66.9 Å². The Hall–Kier alpha value is -3.19. The highest BCUT2D eigenvalue weighted by Crippen LogP contribution is 2.20. The van der Waals surface area contributed by atoms with Crippen LogP contribution in [0.4, 0.5) is 5.69 Å². The van der Waals surface area contributed by atoms with Crippen molar-refractivity contribution in [1.29, 1.82) is 0 Å². The van der Waals surface area contributed by atoms with Gasteiger partial charge in [-0.15, -0.1) is 0 Å². The molecule has 0 saturated carbocycles. The van der Waals surface area contributed by atoms with E-state index in [-0.39, 0.29) is 5.56 Å². The van der Waals surface area contributed by atoms with Gasteiger partial charge in [0.05, 0.1) is 17.1 Å². The monoisotopic (exact) mass is 374 g/mol. The third kappa shape index (κ3) is 2.93. The summed E-state index contributed by atoms with van der Waals surface area (Å²) in [6.45, 7) is 5.89. The number of hydrogen-bond donors (Lipinski definition) is 1. The number of nitrogens with zero attached hydrogens (tertiary/aromatic N) is 5. The number of fused-ring (bicyclic) bond motifs is 2. The maximum Gasteiger partial charge on any atom is 0.258 e. The SMILES string of the molecule is CCc1cn2cc(-c3cc(=O)n4cc(N5CCNCC5)ccc4n3)ccc2n1. The Kier molecular flexibility index (Phi) is 4.09. The Labute approximate surface area is 162 Å². The van der Waals surface area contributed by atoms with Crippen molar-refractivity contribution in [3.8, 4) is 11.3 Å². The predicted molar refractivity (Wildman–Crippen MR) is 110 cm³/mol. The fourth-order valence-corrected chi connectivity index (χ4v) is 3.72. The van der Waals surface area contributed by atoms with E-state index < -0.39 is 0 Å². The lowest BCUT2D eigenvalue weighted by molar-refractivity contribution is 0.588. The average Bonchev–Trinajstić information content (AvgIpc) is 3.16. The van der Waals surface area contributed by atoms with Gasteiger partial charge in [-0.05, 0) is 30.7 Å². The lowest BCUT2D eigenvalue weighted by atomic mass is 10.2. The van der Waals surface area contributed by atoms with E-state index in [1.54, 1.807) is 10.5 Å². The molecule has 7 heteroatoms. The average molecular weight is 374 g/mol. The lowest BCUT2D eigenvalue weighted by Gasteiger charge is -2.29. The largest absolute Gasteiger partial charge is 0.368 e. The highest BCUT2D eigenvalue weighted by atomic mass is 16.1. The van der Waals surface area contributed by atoms with Gasteiger partial charge in [-0.1, -0.05) is 6.92 Å². The van der Waals surface area contributed by atoms with Gasteiger partial charge in [0.1, 0.15) is 11.3 Å². The second kappa shape index (κ2) is 6.76. The van der Waals surface area contributed by atoms with Crippen LogP contribution in [0.15, 0.2) is 53.7 Å². The minimum absolute atomic E-state index is 0.0723. The number of aryl methyl sites for hydroxylation is 1. The molecule has 7 nitrogen and oxygen atoms in total. The third-order valence-electron chi connectivity index (χ3n) is 5.29. The number of pyridine rings is 2. The molecule has 5 heterocycles. The summed E-state index contributed by atoms with van der Waals surface area (Å²) in [6, 6.07) is 9.50. The molecular formula is C21H22N6O. The molecule has 0 aromatic carbocycles. The van der Waals surface area contributed by atoms with Gasteiger partial charge in [0.2, 0.25) is 0 Å². The van der Waals surface area contributed by atoms with Crippen LogP contribution >= 0.6 is 0 Å². The third-order valence-corrected chi connectivity index (χ3v) is 5.29. The molecule has 1 aliphatic rings. The molecule has 0 aliphatic carbocycles. The molecule has 4 aromatic rings. The van der Waals surface area contributed by atoms with Gasteiger partial charge in [0.25, 0.3) is 5.56 Å². The molecule has 1 saturated heterocycles. The Bertz CT molecular complexity index is 1220. The number of imidazole rings is 1. The Balaban J connectivity index is 1.56. The molecule has 1 N–H and O–H groups in total. The van der Waals surface area contributed by atoms with Crippen LogP contribution in [0.1, 0.15) is 12.6 Å². The summed E-state index contributed by atoms with van der Waals surface area (Å²) in [7, 11) is 0. The quantitative estimate of drug-likeness (QED) is 0.594. The number of hydrogen-bond acceptors (Lipinski definition) is 5. The molecule has 1 aliphatic heterocycles. The second-order valence-corrected chi connectivity index (χ2v) is 7.10. The summed E-state index contributed by atoms with van der Waals surface area (Å²) in [5.74, 6) is 0. The van der Waals surface area contributed by atoms with Crippen molar-refractivity contribution in [3.05, 3.63) is 65.0 Å². The van der Waals surface area contributed by atoms with E-state index in [0.717, 1.165) is 55.2 Å². The summed E-state index contributed by atoms with van der Waals surface area (Å²) in [6.07, 6.45) is 6.79. The minimum Gasteiger partial charge on any atom is -0.368 e. The highest BCUT2D eigenvalue weighted by Gasteiger charge is 2.12. The van der Waals surface area contributed by atoms with Gasteiger partial charge in [0.15, 0.2) is 0 Å². The van der Waals surface area contributed by atoms with Gasteiger partial charge in [0, 0.05) is 56.4 Å². The predicted octanol–water partition coefficient (Wildman–Crippen LogP) is 1.98. The smallest absolute Gasteiger partial charge is 0.258 e. The molecule has 0 atom stereocenters. The van der Waals surface area contributed by atoms with Crippen LogP contribution in [0, 0.1) is 0 Å². The van der Waals surface area contributed by atoms with Gasteiger partial charge >= 0.3 is 0 Å². The van der Waals surface area contributed by atoms with E-state index in [1.165, 1.54) is 0 Å². The molecule has 0 amide bonds. The maximum absolute atomic E-state index is 12.8. The standard InChI is InChI=1S/C21H22N6O/c1-2-16-13-26-12-15(3-5-19(26)23-16)18-11-21(28)27-14-17(4-6-20(27)24-18)25-9-7-22-8-10-25/h3-6,11-14,22H,2,7-10H2,1H3. The summed E-state index contributed by atoms with van der Waals surface area (Å²) in [5.41, 5.74) is 5.16. The second-order valence-electron chi connectivity index (χ2n) is 7.10. The van der Waals surface area contributed by atoms with Gasteiger partial charge in [-0.25, -0.2) is 9.97 Å². The molecule has 0 spiro atoms. The first-order valence-corrected chi connectivity index (χ1v) is 9.68. The zero-order chi connectivity index (χ0) is 19.1. The zero-order valence-electron chi connectivity index (χ0n) is 15.8. The number of nitrogens with one attached hydrogen (secondary N) is 1. The van der Waals surface area contributed by atoms with Crippen molar-refractivity contribution < 1.29 is 0 Å². The number of aromatic nitrogens is 4. The van der Waals surface area contributed by atoms with Crippen LogP contribution in [-0.4, -0.2) is 44.9 Å². The number of rotatable bonds is 3. The van der Waals surface area contributed by atoms with Gasteiger partial charge in [-0.3, -0.25) is 9.20 Å². The fourth-order valence-electron chi connectivity index (χ4n) is 3.72. The summed E-state index contributed by atoms with van der Waals surface area (Å²) in [5, 5.41) is 3.35. The molecule has 5 rings (SSSR count). The number of anilines is 1. The van der Waals surface area contributed by atoms with E-state index in [9.17, 15) is 4.79 Å². The van der Waals surface area contributed by atoms with Crippen molar-refractivity contribution in [2.75, 3.05) is 31.1 Å². The van der Waals surface area contributed by atoms with Crippen LogP contribution < -0.4 is 15.8 Å². The van der Waals surface area contributed by atoms with E-state index in [4.69, 9.17) is 4.98 Å². The highest BCUT2D eigenvalue weighted by molar-refractivity contribution is 5.64. The van der Waals surface area contributed by atoms with Crippen molar-refractivity contribution in [3.63, 3.8) is 0 Å². The van der Waals surface area contributed by atoms with E-state index in [2.05, 4.69) is 22.1 Å². The van der Waals surface area contributed by atoms with Gasteiger partial charge < -0.3 is 14.6 Å². The molecule has 0 bridgehead atoms. The maximum atomic E-state index is 12.8. The van der Waals surface area contributed by atoms with Crippen molar-refractivity contribution in [2.24, 2.45) is 0 Å². The van der Waals surface area contributed by atoms with E-state index in [0.29, 0.717) is 11.3 Å². The van der Waals surface area contributed by atoms with E-state index in [1.807, 2.05) is 47.3 Å². The fraction of sp³-hybridized carbons (Fsp3) is 0.286. The van der Waals surface area contributed by atoms with Crippen LogP contribution in [0.3, 0.4) is 0 Å².